The van der Waals surface area contributed by atoms with Crippen molar-refractivity contribution in [3.05, 3.63) is 131 Å². The first-order valence-electron chi connectivity index (χ1n) is 16.3. The van der Waals surface area contributed by atoms with Gasteiger partial charge < -0.3 is 24.6 Å². The Labute approximate surface area is 297 Å². The number of thiazole rings is 1. The first-order valence-corrected chi connectivity index (χ1v) is 18.1. The Bertz CT molecular complexity index is 1920. The molecule has 0 spiro atoms. The van der Waals surface area contributed by atoms with Gasteiger partial charge in [0.25, 0.3) is 5.91 Å². The Morgan fingerprint density at radius 3 is 2.38 bits per heavy atom. The van der Waals surface area contributed by atoms with E-state index in [1.54, 1.807) is 23.1 Å². The van der Waals surface area contributed by atoms with Crippen molar-refractivity contribution in [3.63, 3.8) is 0 Å². The number of nitrogens with zero attached hydrogens (tertiary/aromatic N) is 2. The molecule has 4 unspecified atom stereocenters. The number of thioether (sulfide) groups is 1. The predicted molar refractivity (Wildman–Crippen MR) is 189 cm³/mol. The number of benzene rings is 4. The summed E-state index contributed by atoms with van der Waals surface area (Å²) in [5, 5.41) is 12.1. The molecule has 2 aliphatic heterocycles. The van der Waals surface area contributed by atoms with Crippen LogP contribution in [0.25, 0.3) is 10.2 Å². The summed E-state index contributed by atoms with van der Waals surface area (Å²) >= 11 is 3.34. The van der Waals surface area contributed by atoms with E-state index in [4.69, 9.17) is 19.2 Å². The molecule has 12 heteroatoms. The van der Waals surface area contributed by atoms with Crippen LogP contribution in [0.4, 0.5) is 4.79 Å². The Morgan fingerprint density at radius 1 is 0.900 bits per heavy atom. The molecule has 3 heterocycles. The highest BCUT2D eigenvalue weighted by Crippen LogP contribution is 2.40. The second-order valence-corrected chi connectivity index (χ2v) is 14.4. The number of hydrogen-bond donors (Lipinski definition) is 2. The fourth-order valence-corrected chi connectivity index (χ4v) is 8.04. The first-order chi connectivity index (χ1) is 24.4. The van der Waals surface area contributed by atoms with Crippen molar-refractivity contribution in [2.24, 2.45) is 0 Å². The summed E-state index contributed by atoms with van der Waals surface area (Å²) in [6.45, 7) is 0.104. The predicted octanol–water partition coefficient (Wildman–Crippen LogP) is 6.68. The molecule has 1 aromatic heterocycles. The van der Waals surface area contributed by atoms with Gasteiger partial charge in [-0.2, -0.15) is 0 Å². The lowest BCUT2D eigenvalue weighted by atomic mass is 10.0. The Morgan fingerprint density at radius 2 is 1.62 bits per heavy atom. The number of aromatic nitrogens is 1. The fourth-order valence-electron chi connectivity index (χ4n) is 5.93. The van der Waals surface area contributed by atoms with Crippen LogP contribution in [-0.2, 0) is 43.6 Å². The summed E-state index contributed by atoms with van der Waals surface area (Å²) in [5.74, 6) is -0.148. The SMILES string of the molecule is O=C(NC1CC(=O)N(Cc2ccc(C3OC(CSc4nc5ccccc5s4)CC(c4ccc(CO)cc4)O3)cc2)C1=O)OCc1ccccc1. The van der Waals surface area contributed by atoms with Crippen molar-refractivity contribution >= 4 is 51.2 Å². The van der Waals surface area contributed by atoms with E-state index in [-0.39, 0.29) is 44.3 Å². The molecule has 4 atom stereocenters. The number of imide groups is 1. The lowest BCUT2D eigenvalue weighted by Gasteiger charge is -2.36. The van der Waals surface area contributed by atoms with E-state index in [2.05, 4.69) is 11.4 Å². The van der Waals surface area contributed by atoms with Gasteiger partial charge in [0, 0.05) is 17.7 Å². The maximum atomic E-state index is 13.1. The van der Waals surface area contributed by atoms with E-state index in [0.717, 1.165) is 47.3 Å². The van der Waals surface area contributed by atoms with Crippen LogP contribution in [0.5, 0.6) is 0 Å². The molecule has 50 heavy (non-hydrogen) atoms. The van der Waals surface area contributed by atoms with Crippen LogP contribution in [-0.4, -0.2) is 50.8 Å². The minimum Gasteiger partial charge on any atom is -0.445 e. The van der Waals surface area contributed by atoms with E-state index < -0.39 is 24.3 Å². The molecule has 4 aromatic carbocycles. The third kappa shape index (κ3) is 8.06. The number of ether oxygens (including phenoxy) is 3. The zero-order valence-corrected chi connectivity index (χ0v) is 28.6. The second-order valence-electron chi connectivity index (χ2n) is 12.1. The summed E-state index contributed by atoms with van der Waals surface area (Å²) < 4.78 is 20.3. The molecule has 3 amide bonds. The molecule has 2 saturated heterocycles. The molecule has 2 N–H and O–H groups in total. The summed E-state index contributed by atoms with van der Waals surface area (Å²) in [5.41, 5.74) is 5.18. The molecule has 256 valence electrons. The van der Waals surface area contributed by atoms with Crippen LogP contribution in [0.15, 0.2) is 107 Å². The van der Waals surface area contributed by atoms with Gasteiger partial charge in [-0.25, -0.2) is 9.78 Å². The van der Waals surface area contributed by atoms with Crippen LogP contribution < -0.4 is 5.32 Å². The maximum Gasteiger partial charge on any atom is 0.408 e. The van der Waals surface area contributed by atoms with Crippen LogP contribution in [0.2, 0.25) is 0 Å². The number of carbonyl (C=O) groups is 3. The van der Waals surface area contributed by atoms with Crippen molar-refractivity contribution in [2.45, 2.75) is 61.5 Å². The van der Waals surface area contributed by atoms with E-state index in [0.29, 0.717) is 12.2 Å². The van der Waals surface area contributed by atoms with Gasteiger partial charge >= 0.3 is 6.09 Å². The molecule has 5 aromatic rings. The number of amides is 3. The summed E-state index contributed by atoms with van der Waals surface area (Å²) in [4.78, 5) is 44.1. The van der Waals surface area contributed by atoms with Crippen LogP contribution in [0.1, 0.15) is 53.1 Å². The fraction of sp³-hybridized carbons (Fsp3) is 0.263. The van der Waals surface area contributed by atoms with Gasteiger partial charge in [-0.1, -0.05) is 103 Å². The van der Waals surface area contributed by atoms with Gasteiger partial charge in [-0.3, -0.25) is 14.5 Å². The average Bonchev–Trinajstić information content (AvgIpc) is 3.69. The summed E-state index contributed by atoms with van der Waals surface area (Å²) in [6.07, 6.45) is -1.23. The number of hydrogen-bond acceptors (Lipinski definition) is 10. The number of aliphatic hydroxyl groups excluding tert-OH is 1. The molecule has 2 aliphatic rings. The van der Waals surface area contributed by atoms with Gasteiger partial charge in [0.15, 0.2) is 10.6 Å². The minimum absolute atomic E-state index is 0.0294. The quantitative estimate of drug-likeness (QED) is 0.114. The number of carbonyl (C=O) groups excluding carboxylic acids is 3. The normalized spacial score (nSPS) is 20.7. The molecule has 2 fully saturated rings. The largest absolute Gasteiger partial charge is 0.445 e. The molecule has 10 nitrogen and oxygen atoms in total. The van der Waals surface area contributed by atoms with Crippen molar-refractivity contribution in [1.29, 1.82) is 0 Å². The third-order valence-electron chi connectivity index (χ3n) is 8.62. The van der Waals surface area contributed by atoms with E-state index in [1.165, 1.54) is 0 Å². The highest BCUT2D eigenvalue weighted by atomic mass is 32.2. The number of likely N-dealkylation sites (tertiary alicyclic amines) is 1. The highest BCUT2D eigenvalue weighted by Gasteiger charge is 2.40. The van der Waals surface area contributed by atoms with Gasteiger partial charge in [0.05, 0.1) is 42.0 Å². The van der Waals surface area contributed by atoms with Crippen LogP contribution >= 0.6 is 23.1 Å². The number of aliphatic hydroxyl groups is 1. The van der Waals surface area contributed by atoms with Crippen LogP contribution in [0, 0.1) is 0 Å². The van der Waals surface area contributed by atoms with Crippen molar-refractivity contribution in [3.8, 4) is 0 Å². The van der Waals surface area contributed by atoms with E-state index in [1.807, 2.05) is 97.1 Å². The van der Waals surface area contributed by atoms with Crippen molar-refractivity contribution < 1.29 is 33.7 Å². The number of para-hydroxylation sites is 1. The Kier molecular flexibility index (Phi) is 10.5. The van der Waals surface area contributed by atoms with Gasteiger partial charge in [-0.05, 0) is 34.4 Å². The molecule has 7 rings (SSSR count). The standard InChI is InChI=1S/C38H35N3O7S2/c42-21-25-12-14-27(15-13-25)32-18-29(23-49-38-40-30-8-4-5-9-33(30)50-38)47-36(48-32)28-16-10-24(11-17-28)20-41-34(43)19-31(35(41)44)39-37(45)46-22-26-6-2-1-3-7-26/h1-17,29,31-32,36,42H,18-23H2,(H,39,45). The molecule has 0 saturated carbocycles. The molecular formula is C38H35N3O7S2. The first kappa shape index (κ1) is 33.9. The van der Waals surface area contributed by atoms with Crippen molar-refractivity contribution in [2.75, 3.05) is 5.75 Å². The van der Waals surface area contributed by atoms with Crippen LogP contribution in [0.3, 0.4) is 0 Å². The number of nitrogens with one attached hydrogen (secondary N) is 1. The minimum atomic E-state index is -0.977. The monoisotopic (exact) mass is 709 g/mol. The Balaban J connectivity index is 0.993. The summed E-state index contributed by atoms with van der Waals surface area (Å²) in [7, 11) is 0. The summed E-state index contributed by atoms with van der Waals surface area (Å²) in [6, 6.07) is 31.6. The van der Waals surface area contributed by atoms with Crippen molar-refractivity contribution in [1.82, 2.24) is 15.2 Å². The zero-order chi connectivity index (χ0) is 34.5. The maximum absolute atomic E-state index is 13.1. The van der Waals surface area contributed by atoms with Gasteiger partial charge in [0.1, 0.15) is 12.6 Å². The molecule has 0 bridgehead atoms. The van der Waals surface area contributed by atoms with E-state index >= 15 is 0 Å². The lowest BCUT2D eigenvalue weighted by Crippen LogP contribution is -2.41. The number of rotatable bonds is 11. The Hall–Kier alpha value is -4.59. The lowest BCUT2D eigenvalue weighted by molar-refractivity contribution is -0.245. The molecular weight excluding hydrogens is 675 g/mol. The average molecular weight is 710 g/mol. The molecule has 0 radical (unpaired) electrons. The zero-order valence-electron chi connectivity index (χ0n) is 27.0. The van der Waals surface area contributed by atoms with Gasteiger partial charge in [0.2, 0.25) is 5.91 Å². The number of fused-ring (bicyclic) bond motifs is 1. The smallest absolute Gasteiger partial charge is 0.408 e. The third-order valence-corrected chi connectivity index (χ3v) is 10.9. The highest BCUT2D eigenvalue weighted by molar-refractivity contribution is 8.01. The molecule has 0 aliphatic carbocycles. The topological polar surface area (TPSA) is 127 Å². The number of alkyl carbamates (subject to hydrolysis) is 1. The second kappa shape index (κ2) is 15.5. The van der Waals surface area contributed by atoms with E-state index in [9.17, 15) is 19.5 Å². The van der Waals surface area contributed by atoms with Gasteiger partial charge in [-0.15, -0.1) is 11.3 Å².